The van der Waals surface area contributed by atoms with Crippen LogP contribution < -0.4 is 0 Å². The fourth-order valence-electron chi connectivity index (χ4n) is 3.66. The first-order chi connectivity index (χ1) is 11.6. The molecule has 118 valence electrons. The van der Waals surface area contributed by atoms with E-state index in [0.29, 0.717) is 17.7 Å². The van der Waals surface area contributed by atoms with Gasteiger partial charge in [0.05, 0.1) is 37.1 Å². The summed E-state index contributed by atoms with van der Waals surface area (Å²) in [5, 5.41) is 37.3. The monoisotopic (exact) mass is 320 g/mol. The van der Waals surface area contributed by atoms with Crippen molar-refractivity contribution in [3.8, 4) is 18.2 Å². The Hall–Kier alpha value is -3.01. The lowest BCUT2D eigenvalue weighted by Crippen LogP contribution is -2.50. The van der Waals surface area contributed by atoms with Gasteiger partial charge in [0.2, 0.25) is 0 Å². The Morgan fingerprint density at radius 3 is 2.42 bits per heavy atom. The average molecular weight is 320 g/mol. The fourth-order valence-corrected chi connectivity index (χ4v) is 3.66. The number of hydrogen-bond acceptors (Lipinski definition) is 5. The minimum atomic E-state index is -1.78. The molecule has 24 heavy (non-hydrogen) atoms. The zero-order chi connectivity index (χ0) is 17.3. The van der Waals surface area contributed by atoms with Gasteiger partial charge in [-0.3, -0.25) is 0 Å². The van der Waals surface area contributed by atoms with Crippen molar-refractivity contribution in [1.82, 2.24) is 0 Å². The lowest BCUT2D eigenvalue weighted by Gasteiger charge is -2.45. The Labute approximate surface area is 138 Å². The summed E-state index contributed by atoms with van der Waals surface area (Å²) >= 11 is 0. The van der Waals surface area contributed by atoms with Gasteiger partial charge in [0.25, 0.3) is 0 Å². The molecule has 1 N–H and O–H groups in total. The molecule has 2 aliphatic rings. The van der Waals surface area contributed by atoms with Crippen molar-refractivity contribution in [2.45, 2.75) is 5.92 Å². The third-order valence-electron chi connectivity index (χ3n) is 4.79. The number of ether oxygens (including phenoxy) is 1. The second-order valence-electron chi connectivity index (χ2n) is 5.88. The SMILES string of the molecule is N#C[C@@H]1C(=N)C(C#N)(C#N)[C@@H](c2ccc(F)cc2)[C@H]2COCC=C12. The molecule has 0 bridgehead atoms. The molecule has 3 atom stereocenters. The molecular weight excluding hydrogens is 307 g/mol. The summed E-state index contributed by atoms with van der Waals surface area (Å²) in [5.41, 5.74) is -0.694. The highest BCUT2D eigenvalue weighted by molar-refractivity contribution is 6.00. The lowest BCUT2D eigenvalue weighted by molar-refractivity contribution is 0.0950. The van der Waals surface area contributed by atoms with Gasteiger partial charge in [-0.15, -0.1) is 0 Å². The van der Waals surface area contributed by atoms with Crippen LogP contribution in [0.5, 0.6) is 0 Å². The molecule has 0 spiro atoms. The van der Waals surface area contributed by atoms with Crippen LogP contribution in [0.2, 0.25) is 0 Å². The van der Waals surface area contributed by atoms with Crippen molar-refractivity contribution in [3.05, 3.63) is 47.3 Å². The summed E-state index contributed by atoms with van der Waals surface area (Å²) in [4.78, 5) is 0. The molecule has 1 heterocycles. The highest BCUT2D eigenvalue weighted by Gasteiger charge is 2.57. The summed E-state index contributed by atoms with van der Waals surface area (Å²) in [6, 6.07) is 11.6. The van der Waals surface area contributed by atoms with E-state index < -0.39 is 23.1 Å². The van der Waals surface area contributed by atoms with Gasteiger partial charge in [-0.2, -0.15) is 15.8 Å². The van der Waals surface area contributed by atoms with Gasteiger partial charge >= 0.3 is 0 Å². The van der Waals surface area contributed by atoms with E-state index in [1.807, 2.05) is 18.2 Å². The number of nitriles is 3. The van der Waals surface area contributed by atoms with E-state index in [-0.39, 0.29) is 18.2 Å². The van der Waals surface area contributed by atoms with Gasteiger partial charge in [-0.1, -0.05) is 18.2 Å². The average Bonchev–Trinajstić information content (AvgIpc) is 2.62. The number of halogens is 1. The zero-order valence-electron chi connectivity index (χ0n) is 12.7. The first-order valence-corrected chi connectivity index (χ1v) is 7.43. The number of nitrogens with one attached hydrogen (secondary N) is 1. The molecule has 6 heteroatoms. The normalized spacial score (nSPS) is 27.8. The van der Waals surface area contributed by atoms with E-state index in [9.17, 15) is 20.2 Å². The van der Waals surface area contributed by atoms with Gasteiger partial charge in [0.15, 0.2) is 5.41 Å². The van der Waals surface area contributed by atoms with E-state index in [1.54, 1.807) is 6.08 Å². The van der Waals surface area contributed by atoms with Crippen LogP contribution in [0.4, 0.5) is 4.39 Å². The van der Waals surface area contributed by atoms with Gasteiger partial charge in [0.1, 0.15) is 11.7 Å². The molecule has 0 unspecified atom stereocenters. The van der Waals surface area contributed by atoms with Crippen molar-refractivity contribution < 1.29 is 9.13 Å². The van der Waals surface area contributed by atoms with Crippen LogP contribution in [0.3, 0.4) is 0 Å². The predicted molar refractivity (Wildman–Crippen MR) is 82.0 cm³/mol. The standard InChI is InChI=1S/C18H13FN4O/c19-12-3-1-11(2-4-12)16-15-8-24-6-5-13(15)14(7-20)17(23)18(16,9-21)10-22/h1-5,14-16,23H,6,8H2/t14-,15-,16-/m0/s1. The summed E-state index contributed by atoms with van der Waals surface area (Å²) in [6.07, 6.45) is 1.76. The quantitative estimate of drug-likeness (QED) is 0.803. The fraction of sp³-hybridized carbons (Fsp3) is 0.333. The van der Waals surface area contributed by atoms with E-state index in [4.69, 9.17) is 10.1 Å². The lowest BCUT2D eigenvalue weighted by atomic mass is 9.55. The summed E-state index contributed by atoms with van der Waals surface area (Å²) in [7, 11) is 0. The Morgan fingerprint density at radius 1 is 1.17 bits per heavy atom. The van der Waals surface area contributed by atoms with Crippen molar-refractivity contribution in [1.29, 1.82) is 21.2 Å². The van der Waals surface area contributed by atoms with Crippen LogP contribution in [0.25, 0.3) is 0 Å². The first-order valence-electron chi connectivity index (χ1n) is 7.43. The molecule has 1 aliphatic carbocycles. The largest absolute Gasteiger partial charge is 0.377 e. The maximum Gasteiger partial charge on any atom is 0.189 e. The second-order valence-corrected chi connectivity index (χ2v) is 5.88. The van der Waals surface area contributed by atoms with E-state index in [2.05, 4.69) is 0 Å². The summed E-state index contributed by atoms with van der Waals surface area (Å²) in [6.45, 7) is 0.587. The summed E-state index contributed by atoms with van der Waals surface area (Å²) in [5.74, 6) is -2.39. The molecule has 1 aromatic carbocycles. The minimum absolute atomic E-state index is 0.214. The Balaban J connectivity index is 2.24. The molecule has 1 aliphatic heterocycles. The third kappa shape index (κ3) is 2.11. The number of rotatable bonds is 1. The topological polar surface area (TPSA) is 104 Å². The van der Waals surface area contributed by atoms with Crippen LogP contribution in [-0.4, -0.2) is 18.9 Å². The van der Waals surface area contributed by atoms with Gasteiger partial charge in [-0.25, -0.2) is 4.39 Å². The van der Waals surface area contributed by atoms with Crippen molar-refractivity contribution >= 4 is 5.71 Å². The highest BCUT2D eigenvalue weighted by atomic mass is 19.1. The Bertz CT molecular complexity index is 824. The van der Waals surface area contributed by atoms with Crippen LogP contribution in [0.15, 0.2) is 35.9 Å². The molecule has 0 amide bonds. The number of benzene rings is 1. The highest BCUT2D eigenvalue weighted by Crippen LogP contribution is 2.53. The molecule has 1 fully saturated rings. The molecule has 0 radical (unpaired) electrons. The third-order valence-corrected chi connectivity index (χ3v) is 4.79. The van der Waals surface area contributed by atoms with Gasteiger partial charge < -0.3 is 10.1 Å². The van der Waals surface area contributed by atoms with Crippen LogP contribution in [0.1, 0.15) is 11.5 Å². The van der Waals surface area contributed by atoms with E-state index in [0.717, 1.165) is 0 Å². The predicted octanol–water partition coefficient (Wildman–Crippen LogP) is 2.69. The second kappa shape index (κ2) is 5.89. The molecule has 5 nitrogen and oxygen atoms in total. The molecule has 3 rings (SSSR count). The maximum absolute atomic E-state index is 13.3. The smallest absolute Gasteiger partial charge is 0.189 e. The molecular formula is C18H13FN4O. The first kappa shape index (κ1) is 15.9. The molecule has 1 aromatic rings. The van der Waals surface area contributed by atoms with E-state index >= 15 is 0 Å². The summed E-state index contributed by atoms with van der Waals surface area (Å²) < 4.78 is 18.8. The minimum Gasteiger partial charge on any atom is -0.377 e. The van der Waals surface area contributed by atoms with Crippen molar-refractivity contribution in [2.24, 2.45) is 17.3 Å². The van der Waals surface area contributed by atoms with Crippen molar-refractivity contribution in [2.75, 3.05) is 13.2 Å². The van der Waals surface area contributed by atoms with Gasteiger partial charge in [-0.05, 0) is 23.3 Å². The maximum atomic E-state index is 13.3. The van der Waals surface area contributed by atoms with Crippen LogP contribution >= 0.6 is 0 Å². The van der Waals surface area contributed by atoms with E-state index in [1.165, 1.54) is 24.3 Å². The van der Waals surface area contributed by atoms with Crippen LogP contribution in [-0.2, 0) is 4.74 Å². The number of hydrogen-bond donors (Lipinski definition) is 1. The van der Waals surface area contributed by atoms with Crippen LogP contribution in [0, 0.1) is 62.5 Å². The molecule has 0 saturated heterocycles. The Morgan fingerprint density at radius 2 is 1.83 bits per heavy atom. The number of nitrogens with zero attached hydrogens (tertiary/aromatic N) is 3. The Kier molecular flexibility index (Phi) is 3.89. The van der Waals surface area contributed by atoms with Crippen molar-refractivity contribution in [3.63, 3.8) is 0 Å². The number of fused-ring (bicyclic) bond motifs is 1. The molecule has 1 saturated carbocycles. The molecule has 0 aromatic heterocycles. The van der Waals surface area contributed by atoms with Gasteiger partial charge in [0, 0.05) is 11.8 Å². The zero-order valence-corrected chi connectivity index (χ0v) is 12.7.